The van der Waals surface area contributed by atoms with Gasteiger partial charge in [-0.1, -0.05) is 29.8 Å². The van der Waals surface area contributed by atoms with Crippen molar-refractivity contribution in [2.45, 2.75) is 38.9 Å². The lowest BCUT2D eigenvalue weighted by atomic mass is 10.1. The SMILES string of the molecule is CC(C)(O)O.OCCCCc1ccccc1Cl. The van der Waals surface area contributed by atoms with Crippen LogP contribution in [0.25, 0.3) is 0 Å². The van der Waals surface area contributed by atoms with Gasteiger partial charge in [0.25, 0.3) is 0 Å². The van der Waals surface area contributed by atoms with Gasteiger partial charge in [-0.3, -0.25) is 0 Å². The Morgan fingerprint density at radius 3 is 2.12 bits per heavy atom. The fourth-order valence-electron chi connectivity index (χ4n) is 1.13. The van der Waals surface area contributed by atoms with Crippen molar-refractivity contribution >= 4 is 11.6 Å². The second kappa shape index (κ2) is 8.48. The first-order valence-corrected chi connectivity index (χ1v) is 6.01. The third-order valence-corrected chi connectivity index (χ3v) is 2.18. The summed E-state index contributed by atoms with van der Waals surface area (Å²) in [6.45, 7) is 2.87. The Kier molecular flexibility index (Phi) is 8.17. The maximum Gasteiger partial charge on any atom is 0.156 e. The summed E-state index contributed by atoms with van der Waals surface area (Å²) in [5.74, 6) is -1.50. The molecule has 0 bridgehead atoms. The van der Waals surface area contributed by atoms with E-state index in [0.717, 1.165) is 24.3 Å². The first-order chi connectivity index (χ1) is 7.84. The van der Waals surface area contributed by atoms with E-state index in [0.29, 0.717) is 0 Å². The van der Waals surface area contributed by atoms with E-state index in [2.05, 4.69) is 0 Å². The number of hydrogen-bond acceptors (Lipinski definition) is 3. The van der Waals surface area contributed by atoms with E-state index < -0.39 is 5.79 Å². The molecule has 0 aliphatic carbocycles. The molecule has 0 unspecified atom stereocenters. The molecule has 0 saturated heterocycles. The predicted molar refractivity (Wildman–Crippen MR) is 70.0 cm³/mol. The van der Waals surface area contributed by atoms with Crippen LogP contribution in [-0.4, -0.2) is 27.7 Å². The number of aliphatic hydroxyl groups is 3. The van der Waals surface area contributed by atoms with E-state index in [-0.39, 0.29) is 6.61 Å². The highest BCUT2D eigenvalue weighted by Crippen LogP contribution is 2.16. The van der Waals surface area contributed by atoms with Crippen molar-refractivity contribution in [1.29, 1.82) is 0 Å². The molecule has 4 heteroatoms. The number of hydrogen-bond donors (Lipinski definition) is 3. The molecule has 3 N–H and O–H groups in total. The molecule has 17 heavy (non-hydrogen) atoms. The average molecular weight is 261 g/mol. The van der Waals surface area contributed by atoms with Gasteiger partial charge in [0.1, 0.15) is 0 Å². The Morgan fingerprint density at radius 1 is 1.12 bits per heavy atom. The normalized spacial score (nSPS) is 10.7. The quantitative estimate of drug-likeness (QED) is 0.575. The third kappa shape index (κ3) is 11.6. The van der Waals surface area contributed by atoms with Crippen molar-refractivity contribution in [3.63, 3.8) is 0 Å². The molecular weight excluding hydrogens is 240 g/mol. The minimum absolute atomic E-state index is 0.268. The highest BCUT2D eigenvalue weighted by atomic mass is 35.5. The lowest BCUT2D eigenvalue weighted by Gasteiger charge is -2.03. The van der Waals surface area contributed by atoms with Gasteiger partial charge in [0, 0.05) is 11.6 Å². The van der Waals surface area contributed by atoms with Gasteiger partial charge in [-0.15, -0.1) is 0 Å². The van der Waals surface area contributed by atoms with Crippen LogP contribution in [0.4, 0.5) is 0 Å². The predicted octanol–water partition coefficient (Wildman–Crippen LogP) is 2.36. The minimum atomic E-state index is -1.50. The van der Waals surface area contributed by atoms with E-state index in [1.165, 1.54) is 19.4 Å². The lowest BCUT2D eigenvalue weighted by molar-refractivity contribution is -0.127. The number of benzene rings is 1. The number of aryl methyl sites for hydroxylation is 1. The Hall–Kier alpha value is -0.610. The second-order valence-electron chi connectivity index (χ2n) is 4.27. The van der Waals surface area contributed by atoms with Gasteiger partial charge >= 0.3 is 0 Å². The molecule has 0 aliphatic heterocycles. The molecule has 0 heterocycles. The smallest absolute Gasteiger partial charge is 0.156 e. The Balaban J connectivity index is 0.000000437. The van der Waals surface area contributed by atoms with Gasteiger partial charge in [0.2, 0.25) is 0 Å². The van der Waals surface area contributed by atoms with Crippen LogP contribution in [0.5, 0.6) is 0 Å². The van der Waals surface area contributed by atoms with Crippen molar-refractivity contribution in [3.05, 3.63) is 34.9 Å². The van der Waals surface area contributed by atoms with Crippen LogP contribution in [0, 0.1) is 0 Å². The van der Waals surface area contributed by atoms with Crippen molar-refractivity contribution < 1.29 is 15.3 Å². The molecule has 1 rings (SSSR count). The second-order valence-corrected chi connectivity index (χ2v) is 4.67. The van der Waals surface area contributed by atoms with E-state index in [4.69, 9.17) is 26.9 Å². The molecule has 0 radical (unpaired) electrons. The molecular formula is C13H21ClO3. The summed E-state index contributed by atoms with van der Waals surface area (Å²) in [5.41, 5.74) is 1.17. The van der Waals surface area contributed by atoms with Crippen LogP contribution >= 0.6 is 11.6 Å². The molecule has 0 fully saturated rings. The fourth-order valence-corrected chi connectivity index (χ4v) is 1.36. The molecule has 1 aromatic rings. The fraction of sp³-hybridized carbons (Fsp3) is 0.538. The topological polar surface area (TPSA) is 60.7 Å². The first kappa shape index (κ1) is 16.4. The number of rotatable bonds is 4. The maximum atomic E-state index is 8.58. The number of halogens is 1. The summed E-state index contributed by atoms with van der Waals surface area (Å²) in [5, 5.41) is 25.6. The molecule has 0 aromatic heterocycles. The van der Waals surface area contributed by atoms with Gasteiger partial charge in [0.15, 0.2) is 5.79 Å². The Labute approximate surface area is 108 Å². The molecule has 0 atom stereocenters. The molecule has 0 amide bonds. The highest BCUT2D eigenvalue weighted by Gasteiger charge is 2.00. The standard InChI is InChI=1S/C10H13ClO.C3H8O2/c11-10-7-2-1-5-9(10)6-3-4-8-12;1-3(2,4)5/h1-2,5,7,12H,3-4,6,8H2;4-5H,1-2H3. The van der Waals surface area contributed by atoms with Crippen molar-refractivity contribution in [2.75, 3.05) is 6.61 Å². The van der Waals surface area contributed by atoms with E-state index >= 15 is 0 Å². The summed E-state index contributed by atoms with van der Waals surface area (Å²) in [7, 11) is 0. The van der Waals surface area contributed by atoms with Crippen LogP contribution in [0.15, 0.2) is 24.3 Å². The first-order valence-electron chi connectivity index (χ1n) is 5.63. The largest absolute Gasteiger partial charge is 0.396 e. The molecule has 1 aromatic carbocycles. The Bertz CT molecular complexity index is 302. The molecule has 98 valence electrons. The Morgan fingerprint density at radius 2 is 1.65 bits per heavy atom. The van der Waals surface area contributed by atoms with Crippen LogP contribution in [0.1, 0.15) is 32.3 Å². The summed E-state index contributed by atoms with van der Waals surface area (Å²) < 4.78 is 0. The van der Waals surface area contributed by atoms with Gasteiger partial charge in [-0.05, 0) is 44.7 Å². The molecule has 0 saturated carbocycles. The minimum Gasteiger partial charge on any atom is -0.396 e. The number of aliphatic hydroxyl groups excluding tert-OH is 1. The third-order valence-electron chi connectivity index (χ3n) is 1.81. The van der Waals surface area contributed by atoms with E-state index in [1.807, 2.05) is 24.3 Å². The van der Waals surface area contributed by atoms with Crippen molar-refractivity contribution in [2.24, 2.45) is 0 Å². The van der Waals surface area contributed by atoms with Gasteiger partial charge in [-0.2, -0.15) is 0 Å². The average Bonchev–Trinajstić information content (AvgIpc) is 2.19. The lowest BCUT2D eigenvalue weighted by Crippen LogP contribution is -2.15. The van der Waals surface area contributed by atoms with Crippen molar-refractivity contribution in [3.8, 4) is 0 Å². The zero-order chi connectivity index (χ0) is 13.3. The van der Waals surface area contributed by atoms with Crippen LogP contribution in [0.2, 0.25) is 5.02 Å². The van der Waals surface area contributed by atoms with Crippen LogP contribution in [-0.2, 0) is 6.42 Å². The zero-order valence-corrected chi connectivity index (χ0v) is 11.1. The number of unbranched alkanes of at least 4 members (excludes halogenated alkanes) is 1. The van der Waals surface area contributed by atoms with Gasteiger partial charge < -0.3 is 15.3 Å². The highest BCUT2D eigenvalue weighted by molar-refractivity contribution is 6.31. The van der Waals surface area contributed by atoms with Crippen molar-refractivity contribution in [1.82, 2.24) is 0 Å². The molecule has 0 aliphatic rings. The zero-order valence-electron chi connectivity index (χ0n) is 10.4. The summed E-state index contributed by atoms with van der Waals surface area (Å²) in [6, 6.07) is 7.84. The van der Waals surface area contributed by atoms with Gasteiger partial charge in [-0.25, -0.2) is 0 Å². The molecule has 0 spiro atoms. The summed E-state index contributed by atoms with van der Waals surface area (Å²) in [6.07, 6.45) is 2.81. The monoisotopic (exact) mass is 260 g/mol. The van der Waals surface area contributed by atoms with E-state index in [9.17, 15) is 0 Å². The maximum absolute atomic E-state index is 8.58. The summed E-state index contributed by atoms with van der Waals surface area (Å²) in [4.78, 5) is 0. The van der Waals surface area contributed by atoms with E-state index in [1.54, 1.807) is 0 Å². The van der Waals surface area contributed by atoms with Crippen LogP contribution < -0.4 is 0 Å². The summed E-state index contributed by atoms with van der Waals surface area (Å²) >= 11 is 5.94. The molecule has 3 nitrogen and oxygen atoms in total. The van der Waals surface area contributed by atoms with Gasteiger partial charge in [0.05, 0.1) is 0 Å². The van der Waals surface area contributed by atoms with Crippen LogP contribution in [0.3, 0.4) is 0 Å².